The molecule has 9 heteroatoms. The third-order valence-electron chi connectivity index (χ3n) is 4.94. The highest BCUT2D eigenvalue weighted by molar-refractivity contribution is 6.03. The molecule has 3 heterocycles. The zero-order chi connectivity index (χ0) is 22.2. The Kier molecular flexibility index (Phi) is 7.77. The molecule has 0 spiro atoms. The lowest BCUT2D eigenvalue weighted by molar-refractivity contribution is 0.102. The number of pyridine rings is 1. The molecule has 3 N–H and O–H groups in total. The van der Waals surface area contributed by atoms with Gasteiger partial charge in [0.05, 0.1) is 18.5 Å². The van der Waals surface area contributed by atoms with E-state index < -0.39 is 0 Å². The van der Waals surface area contributed by atoms with E-state index in [2.05, 4.69) is 44.9 Å². The summed E-state index contributed by atoms with van der Waals surface area (Å²) in [4.78, 5) is 21.4. The summed E-state index contributed by atoms with van der Waals surface area (Å²) >= 11 is 0. The van der Waals surface area contributed by atoms with Gasteiger partial charge in [-0.1, -0.05) is 20.3 Å². The molecule has 166 valence electrons. The van der Waals surface area contributed by atoms with Crippen molar-refractivity contribution >= 4 is 28.7 Å². The average molecular weight is 426 g/mol. The Bertz CT molecular complexity index is 990. The third kappa shape index (κ3) is 5.69. The largest absolute Gasteiger partial charge is 0.383 e. The SMILES string of the molecule is CCCC(CC)Nc1cc(NC(C)COC)c2ncc(C(=O)Nc3ccncc3)n2n1. The molecule has 0 fully saturated rings. The van der Waals surface area contributed by atoms with E-state index >= 15 is 0 Å². The van der Waals surface area contributed by atoms with Crippen molar-refractivity contribution in [2.75, 3.05) is 29.7 Å². The Labute approximate surface area is 182 Å². The van der Waals surface area contributed by atoms with Crippen LogP contribution in [0, 0.1) is 0 Å². The van der Waals surface area contributed by atoms with E-state index in [-0.39, 0.29) is 11.9 Å². The number of amides is 1. The fraction of sp³-hybridized carbons (Fsp3) is 0.455. The first-order chi connectivity index (χ1) is 15.0. The zero-order valence-electron chi connectivity index (χ0n) is 18.6. The van der Waals surface area contributed by atoms with Crippen molar-refractivity contribution in [3.05, 3.63) is 42.5 Å². The smallest absolute Gasteiger partial charge is 0.276 e. The molecule has 0 bridgehead atoms. The van der Waals surface area contributed by atoms with Crippen LogP contribution < -0.4 is 16.0 Å². The Balaban J connectivity index is 1.98. The minimum Gasteiger partial charge on any atom is -0.383 e. The summed E-state index contributed by atoms with van der Waals surface area (Å²) in [6, 6.07) is 5.77. The summed E-state index contributed by atoms with van der Waals surface area (Å²) in [6.07, 6.45) is 7.89. The molecule has 31 heavy (non-hydrogen) atoms. The minimum atomic E-state index is -0.292. The van der Waals surface area contributed by atoms with Crippen LogP contribution in [-0.2, 0) is 4.74 Å². The highest BCUT2D eigenvalue weighted by Gasteiger charge is 2.19. The van der Waals surface area contributed by atoms with E-state index in [1.165, 1.54) is 6.20 Å². The number of imidazole rings is 1. The monoisotopic (exact) mass is 425 g/mol. The van der Waals surface area contributed by atoms with Crippen molar-refractivity contribution in [1.29, 1.82) is 0 Å². The van der Waals surface area contributed by atoms with Gasteiger partial charge in [0.2, 0.25) is 0 Å². The van der Waals surface area contributed by atoms with E-state index in [0.29, 0.717) is 35.5 Å². The van der Waals surface area contributed by atoms with Gasteiger partial charge in [-0.2, -0.15) is 0 Å². The molecule has 0 radical (unpaired) electrons. The summed E-state index contributed by atoms with van der Waals surface area (Å²) in [5, 5.41) is 14.5. The summed E-state index contributed by atoms with van der Waals surface area (Å²) in [6.45, 7) is 6.88. The predicted octanol–water partition coefficient (Wildman–Crippen LogP) is 3.81. The van der Waals surface area contributed by atoms with Gasteiger partial charge in [0.1, 0.15) is 5.82 Å². The third-order valence-corrected chi connectivity index (χ3v) is 4.94. The van der Waals surface area contributed by atoms with Crippen molar-refractivity contribution in [3.8, 4) is 0 Å². The molecular weight excluding hydrogens is 394 g/mol. The fourth-order valence-corrected chi connectivity index (χ4v) is 3.42. The maximum absolute atomic E-state index is 12.9. The number of fused-ring (bicyclic) bond motifs is 1. The van der Waals surface area contributed by atoms with Crippen LogP contribution in [0.15, 0.2) is 36.8 Å². The van der Waals surface area contributed by atoms with Gasteiger partial charge in [0, 0.05) is 43.3 Å². The summed E-state index contributed by atoms with van der Waals surface area (Å²) in [7, 11) is 1.67. The lowest BCUT2D eigenvalue weighted by Crippen LogP contribution is -2.24. The highest BCUT2D eigenvalue weighted by atomic mass is 16.5. The maximum Gasteiger partial charge on any atom is 0.276 e. The number of methoxy groups -OCH3 is 1. The number of hydrogen-bond acceptors (Lipinski definition) is 7. The van der Waals surface area contributed by atoms with Crippen LogP contribution in [0.4, 0.5) is 17.2 Å². The molecule has 0 aliphatic rings. The molecule has 2 atom stereocenters. The standard InChI is InChI=1S/C22H31N7O2/c1-5-7-16(6-2)26-20-12-18(25-15(3)14-31-4)21-24-13-19(29(21)28-20)22(30)27-17-8-10-23-11-9-17/h8-13,15-16,25H,5-7,14H2,1-4H3,(H,26,28)(H,23,27,30). The van der Waals surface area contributed by atoms with Gasteiger partial charge < -0.3 is 20.7 Å². The summed E-state index contributed by atoms with van der Waals surface area (Å²) in [5.41, 5.74) is 2.38. The first kappa shape index (κ1) is 22.5. The zero-order valence-corrected chi connectivity index (χ0v) is 18.6. The molecule has 0 aliphatic carbocycles. The molecule has 3 aromatic heterocycles. The number of aromatic nitrogens is 4. The van der Waals surface area contributed by atoms with Crippen LogP contribution in [0.3, 0.4) is 0 Å². The topological polar surface area (TPSA) is 105 Å². The molecular formula is C22H31N7O2. The second-order valence-corrected chi connectivity index (χ2v) is 7.55. The van der Waals surface area contributed by atoms with Crippen LogP contribution in [0.5, 0.6) is 0 Å². The number of ether oxygens (including phenoxy) is 1. The van der Waals surface area contributed by atoms with Crippen molar-refractivity contribution in [2.45, 2.75) is 52.1 Å². The number of nitrogens with one attached hydrogen (secondary N) is 3. The molecule has 3 aromatic rings. The van der Waals surface area contributed by atoms with Crippen molar-refractivity contribution in [2.24, 2.45) is 0 Å². The van der Waals surface area contributed by atoms with Crippen LogP contribution >= 0.6 is 0 Å². The number of nitrogens with zero attached hydrogens (tertiary/aromatic N) is 4. The maximum atomic E-state index is 12.9. The van der Waals surface area contributed by atoms with Gasteiger partial charge in [-0.05, 0) is 31.9 Å². The highest BCUT2D eigenvalue weighted by Crippen LogP contribution is 2.23. The molecule has 0 saturated carbocycles. The average Bonchev–Trinajstić information content (AvgIpc) is 3.18. The predicted molar refractivity (Wildman–Crippen MR) is 123 cm³/mol. The van der Waals surface area contributed by atoms with Crippen LogP contribution in [0.2, 0.25) is 0 Å². The van der Waals surface area contributed by atoms with Gasteiger partial charge in [-0.25, -0.2) is 9.50 Å². The van der Waals surface area contributed by atoms with E-state index in [0.717, 1.165) is 24.9 Å². The number of hydrogen-bond donors (Lipinski definition) is 3. The second kappa shape index (κ2) is 10.7. The Morgan fingerprint density at radius 1 is 1.23 bits per heavy atom. The van der Waals surface area contributed by atoms with Crippen LogP contribution in [0.1, 0.15) is 50.5 Å². The van der Waals surface area contributed by atoms with E-state index in [9.17, 15) is 4.79 Å². The van der Waals surface area contributed by atoms with Crippen LogP contribution in [0.25, 0.3) is 5.65 Å². The van der Waals surface area contributed by atoms with Gasteiger partial charge in [0.25, 0.3) is 5.91 Å². The molecule has 9 nitrogen and oxygen atoms in total. The molecule has 0 aliphatic heterocycles. The summed E-state index contributed by atoms with van der Waals surface area (Å²) < 4.78 is 6.83. The number of carbonyl (C=O) groups is 1. The lowest BCUT2D eigenvalue weighted by atomic mass is 10.1. The van der Waals surface area contributed by atoms with E-state index in [1.807, 2.05) is 13.0 Å². The lowest BCUT2D eigenvalue weighted by Gasteiger charge is -2.19. The number of rotatable bonds is 11. The molecule has 2 unspecified atom stereocenters. The van der Waals surface area contributed by atoms with Crippen molar-refractivity contribution < 1.29 is 9.53 Å². The fourth-order valence-electron chi connectivity index (χ4n) is 3.42. The van der Waals surface area contributed by atoms with E-state index in [1.54, 1.807) is 36.2 Å². The van der Waals surface area contributed by atoms with Crippen molar-refractivity contribution in [3.63, 3.8) is 0 Å². The molecule has 3 rings (SSSR count). The first-order valence-corrected chi connectivity index (χ1v) is 10.7. The minimum absolute atomic E-state index is 0.0625. The van der Waals surface area contributed by atoms with Gasteiger partial charge in [0.15, 0.2) is 11.3 Å². The first-order valence-electron chi connectivity index (χ1n) is 10.7. The van der Waals surface area contributed by atoms with Gasteiger partial charge >= 0.3 is 0 Å². The molecule has 0 aromatic carbocycles. The number of anilines is 3. The Morgan fingerprint density at radius 3 is 2.68 bits per heavy atom. The normalized spacial score (nSPS) is 13.0. The van der Waals surface area contributed by atoms with Gasteiger partial charge in [-0.3, -0.25) is 9.78 Å². The van der Waals surface area contributed by atoms with Gasteiger partial charge in [-0.15, -0.1) is 5.10 Å². The van der Waals surface area contributed by atoms with E-state index in [4.69, 9.17) is 4.74 Å². The Morgan fingerprint density at radius 2 is 2.00 bits per heavy atom. The quantitative estimate of drug-likeness (QED) is 0.429. The second-order valence-electron chi connectivity index (χ2n) is 7.55. The summed E-state index contributed by atoms with van der Waals surface area (Å²) in [5.74, 6) is 0.399. The molecule has 1 amide bonds. The molecule has 0 saturated heterocycles. The van der Waals surface area contributed by atoms with Crippen molar-refractivity contribution in [1.82, 2.24) is 19.6 Å². The Hall–Kier alpha value is -3.20. The number of carbonyl (C=O) groups excluding carboxylic acids is 1. The van der Waals surface area contributed by atoms with Crippen LogP contribution in [-0.4, -0.2) is 51.3 Å².